The van der Waals surface area contributed by atoms with E-state index in [1.165, 1.54) is 12.1 Å². The molecule has 126 valence electrons. The van der Waals surface area contributed by atoms with Crippen LogP contribution in [0.15, 0.2) is 48.5 Å². The number of likely N-dealkylation sites (tertiary alicyclic amines) is 1. The molecule has 1 amide bonds. The number of hydrogen-bond donors (Lipinski definition) is 1. The molecule has 1 unspecified atom stereocenters. The molecule has 24 heavy (non-hydrogen) atoms. The highest BCUT2D eigenvalue weighted by Gasteiger charge is 2.28. The van der Waals surface area contributed by atoms with Crippen LogP contribution in [0.4, 0.5) is 4.39 Å². The summed E-state index contributed by atoms with van der Waals surface area (Å²) in [5.74, 6) is -0.279. The molecule has 2 aromatic carbocycles. The summed E-state index contributed by atoms with van der Waals surface area (Å²) in [6, 6.07) is 12.9. The van der Waals surface area contributed by atoms with Crippen LogP contribution in [-0.2, 0) is 0 Å². The Kier molecular flexibility index (Phi) is 5.17. The zero-order valence-corrected chi connectivity index (χ0v) is 13.9. The Balaban J connectivity index is 1.61. The Morgan fingerprint density at radius 3 is 2.46 bits per heavy atom. The fourth-order valence-electron chi connectivity index (χ4n) is 3.15. The first-order chi connectivity index (χ1) is 11.5. The van der Waals surface area contributed by atoms with Crippen LogP contribution >= 0.6 is 11.6 Å². The van der Waals surface area contributed by atoms with Gasteiger partial charge in [0.1, 0.15) is 5.82 Å². The molecule has 1 saturated heterocycles. The molecule has 0 aromatic heterocycles. The molecule has 0 aliphatic carbocycles. The van der Waals surface area contributed by atoms with Crippen LogP contribution in [0.1, 0.15) is 34.9 Å². The maximum Gasteiger partial charge on any atom is 0.253 e. The standard InChI is InChI=1S/C19H19ClFNO2/c20-16-3-1-2-15(12-16)19(24)22-10-8-14(9-11-22)18(23)13-4-6-17(21)7-5-13/h1-7,12,14,18,23H,8-11H2. The minimum Gasteiger partial charge on any atom is -0.388 e. The van der Waals surface area contributed by atoms with Crippen LogP contribution in [0.3, 0.4) is 0 Å². The molecule has 1 fully saturated rings. The van der Waals surface area contributed by atoms with Gasteiger partial charge in [0.25, 0.3) is 5.91 Å². The largest absolute Gasteiger partial charge is 0.388 e. The molecule has 0 radical (unpaired) electrons. The lowest BCUT2D eigenvalue weighted by molar-refractivity contribution is 0.0462. The van der Waals surface area contributed by atoms with E-state index in [9.17, 15) is 14.3 Å². The van der Waals surface area contributed by atoms with Crippen LogP contribution in [0.5, 0.6) is 0 Å². The van der Waals surface area contributed by atoms with Gasteiger partial charge in [-0.1, -0.05) is 29.8 Å². The molecule has 1 N–H and O–H groups in total. The first kappa shape index (κ1) is 16.9. The molecule has 1 aliphatic heterocycles. The smallest absolute Gasteiger partial charge is 0.253 e. The number of aliphatic hydroxyl groups is 1. The van der Waals surface area contributed by atoms with Crippen LogP contribution in [-0.4, -0.2) is 29.0 Å². The minimum atomic E-state index is -0.631. The molecule has 2 aromatic rings. The number of hydrogen-bond acceptors (Lipinski definition) is 2. The van der Waals surface area contributed by atoms with Gasteiger partial charge in [0.2, 0.25) is 0 Å². The number of piperidine rings is 1. The molecular formula is C19H19ClFNO2. The third kappa shape index (κ3) is 3.77. The van der Waals surface area contributed by atoms with Crippen molar-refractivity contribution in [3.05, 3.63) is 70.5 Å². The van der Waals surface area contributed by atoms with Gasteiger partial charge < -0.3 is 10.0 Å². The van der Waals surface area contributed by atoms with Crippen molar-refractivity contribution in [1.29, 1.82) is 0 Å². The summed E-state index contributed by atoms with van der Waals surface area (Å²) in [6.45, 7) is 1.18. The quantitative estimate of drug-likeness (QED) is 0.909. The van der Waals surface area contributed by atoms with Crippen molar-refractivity contribution in [2.45, 2.75) is 18.9 Å². The summed E-state index contributed by atoms with van der Waals surface area (Å²) in [5, 5.41) is 11.0. The normalized spacial score (nSPS) is 16.9. The summed E-state index contributed by atoms with van der Waals surface area (Å²) in [6.07, 6.45) is 0.796. The monoisotopic (exact) mass is 347 g/mol. The fourth-order valence-corrected chi connectivity index (χ4v) is 3.34. The van der Waals surface area contributed by atoms with Gasteiger partial charge in [-0.2, -0.15) is 0 Å². The molecule has 0 bridgehead atoms. The van der Waals surface area contributed by atoms with Gasteiger partial charge in [0.05, 0.1) is 6.10 Å². The second-order valence-corrected chi connectivity index (χ2v) is 6.57. The molecule has 3 nitrogen and oxygen atoms in total. The summed E-state index contributed by atoms with van der Waals surface area (Å²) in [4.78, 5) is 14.3. The summed E-state index contributed by atoms with van der Waals surface area (Å²) in [5.41, 5.74) is 1.30. The molecule has 0 spiro atoms. The van der Waals surface area contributed by atoms with Gasteiger partial charge >= 0.3 is 0 Å². The fraction of sp³-hybridized carbons (Fsp3) is 0.316. The molecule has 1 atom stereocenters. The Morgan fingerprint density at radius 1 is 1.17 bits per heavy atom. The van der Waals surface area contributed by atoms with E-state index in [1.54, 1.807) is 41.3 Å². The summed E-state index contributed by atoms with van der Waals surface area (Å²) >= 11 is 5.94. The maximum atomic E-state index is 13.0. The Morgan fingerprint density at radius 2 is 1.83 bits per heavy atom. The zero-order chi connectivity index (χ0) is 17.1. The zero-order valence-electron chi connectivity index (χ0n) is 13.2. The van der Waals surface area contributed by atoms with Crippen molar-refractivity contribution in [2.75, 3.05) is 13.1 Å². The van der Waals surface area contributed by atoms with E-state index < -0.39 is 6.10 Å². The van der Waals surface area contributed by atoms with Crippen LogP contribution in [0, 0.1) is 11.7 Å². The Labute approximate surface area is 145 Å². The van der Waals surface area contributed by atoms with Crippen molar-refractivity contribution < 1.29 is 14.3 Å². The number of amides is 1. The van der Waals surface area contributed by atoms with Crippen molar-refractivity contribution in [3.8, 4) is 0 Å². The Bertz CT molecular complexity index is 712. The number of benzene rings is 2. The summed E-state index contributed by atoms with van der Waals surface area (Å²) in [7, 11) is 0. The maximum absolute atomic E-state index is 13.0. The van der Waals surface area contributed by atoms with Gasteiger partial charge in [-0.15, -0.1) is 0 Å². The third-order valence-electron chi connectivity index (χ3n) is 4.56. The van der Waals surface area contributed by atoms with E-state index in [1.807, 2.05) is 0 Å². The highest BCUT2D eigenvalue weighted by Crippen LogP contribution is 2.31. The topological polar surface area (TPSA) is 40.5 Å². The molecule has 5 heteroatoms. The number of aliphatic hydroxyl groups excluding tert-OH is 1. The van der Waals surface area contributed by atoms with E-state index in [0.717, 1.165) is 5.56 Å². The predicted octanol–water partition coefficient (Wildman–Crippen LogP) is 4.06. The van der Waals surface area contributed by atoms with E-state index in [-0.39, 0.29) is 17.6 Å². The third-order valence-corrected chi connectivity index (χ3v) is 4.79. The van der Waals surface area contributed by atoms with E-state index in [4.69, 9.17) is 11.6 Å². The van der Waals surface area contributed by atoms with Crippen LogP contribution in [0.2, 0.25) is 5.02 Å². The van der Waals surface area contributed by atoms with Gasteiger partial charge in [-0.3, -0.25) is 4.79 Å². The van der Waals surface area contributed by atoms with Gasteiger partial charge in [-0.05, 0) is 54.7 Å². The highest BCUT2D eigenvalue weighted by atomic mass is 35.5. The summed E-state index contributed by atoms with van der Waals surface area (Å²) < 4.78 is 13.0. The lowest BCUT2D eigenvalue weighted by Gasteiger charge is -2.34. The van der Waals surface area contributed by atoms with Gasteiger partial charge in [-0.25, -0.2) is 4.39 Å². The average molecular weight is 348 g/mol. The van der Waals surface area contributed by atoms with Gasteiger partial charge in [0, 0.05) is 23.7 Å². The van der Waals surface area contributed by atoms with Crippen LogP contribution < -0.4 is 0 Å². The first-order valence-electron chi connectivity index (χ1n) is 8.03. The van der Waals surface area contributed by atoms with Crippen molar-refractivity contribution in [3.63, 3.8) is 0 Å². The lowest BCUT2D eigenvalue weighted by atomic mass is 9.87. The first-order valence-corrected chi connectivity index (χ1v) is 8.41. The number of carbonyl (C=O) groups excluding carboxylic acids is 1. The van der Waals surface area contributed by atoms with E-state index in [0.29, 0.717) is 36.5 Å². The van der Waals surface area contributed by atoms with E-state index in [2.05, 4.69) is 0 Å². The molecule has 0 saturated carbocycles. The second-order valence-electron chi connectivity index (χ2n) is 6.14. The van der Waals surface area contributed by atoms with Gasteiger partial charge in [0.15, 0.2) is 0 Å². The Hall–Kier alpha value is -1.91. The molecule has 3 rings (SSSR count). The number of halogens is 2. The number of carbonyl (C=O) groups is 1. The highest BCUT2D eigenvalue weighted by molar-refractivity contribution is 6.30. The SMILES string of the molecule is O=C(c1cccc(Cl)c1)N1CCC(C(O)c2ccc(F)cc2)CC1. The van der Waals surface area contributed by atoms with Crippen molar-refractivity contribution in [1.82, 2.24) is 4.90 Å². The predicted molar refractivity (Wildman–Crippen MR) is 91.4 cm³/mol. The second kappa shape index (κ2) is 7.32. The lowest BCUT2D eigenvalue weighted by Crippen LogP contribution is -2.39. The minimum absolute atomic E-state index is 0.0350. The van der Waals surface area contributed by atoms with E-state index >= 15 is 0 Å². The molecule has 1 aliphatic rings. The van der Waals surface area contributed by atoms with Crippen molar-refractivity contribution >= 4 is 17.5 Å². The van der Waals surface area contributed by atoms with Crippen LogP contribution in [0.25, 0.3) is 0 Å². The molecule has 1 heterocycles. The number of nitrogens with zero attached hydrogens (tertiary/aromatic N) is 1. The number of rotatable bonds is 3. The molecular weight excluding hydrogens is 329 g/mol. The van der Waals surface area contributed by atoms with Crippen molar-refractivity contribution in [2.24, 2.45) is 5.92 Å². The average Bonchev–Trinajstić information content (AvgIpc) is 2.61.